The molecule has 2 rings (SSSR count). The van der Waals surface area contributed by atoms with Crippen LogP contribution in [0.3, 0.4) is 0 Å². The SMILES string of the molecule is C=CC(=O)N1CCC(C(=O)N2CCCC(O)(CC)C2)CC1. The van der Waals surface area contributed by atoms with Gasteiger partial charge in [-0.3, -0.25) is 9.59 Å². The van der Waals surface area contributed by atoms with Crippen molar-refractivity contribution in [3.63, 3.8) is 0 Å². The fraction of sp³-hybridized carbons (Fsp3) is 0.750. The Labute approximate surface area is 126 Å². The van der Waals surface area contributed by atoms with Gasteiger partial charge in [0.1, 0.15) is 0 Å². The van der Waals surface area contributed by atoms with Crippen LogP contribution in [-0.2, 0) is 9.59 Å². The number of piperidine rings is 2. The molecule has 5 nitrogen and oxygen atoms in total. The van der Waals surface area contributed by atoms with Crippen LogP contribution in [-0.4, -0.2) is 58.5 Å². The van der Waals surface area contributed by atoms with Gasteiger partial charge >= 0.3 is 0 Å². The second-order valence-electron chi connectivity index (χ2n) is 6.24. The quantitative estimate of drug-likeness (QED) is 0.795. The molecule has 0 saturated carbocycles. The monoisotopic (exact) mass is 294 g/mol. The maximum absolute atomic E-state index is 12.6. The van der Waals surface area contributed by atoms with Gasteiger partial charge in [0.15, 0.2) is 0 Å². The summed E-state index contributed by atoms with van der Waals surface area (Å²) in [4.78, 5) is 27.7. The minimum atomic E-state index is -0.715. The molecule has 2 amide bonds. The van der Waals surface area contributed by atoms with Crippen molar-refractivity contribution in [1.82, 2.24) is 9.80 Å². The molecule has 2 aliphatic heterocycles. The van der Waals surface area contributed by atoms with Crippen molar-refractivity contribution >= 4 is 11.8 Å². The smallest absolute Gasteiger partial charge is 0.245 e. The van der Waals surface area contributed by atoms with Gasteiger partial charge < -0.3 is 14.9 Å². The number of hydrogen-bond donors (Lipinski definition) is 1. The maximum Gasteiger partial charge on any atom is 0.245 e. The summed E-state index contributed by atoms with van der Waals surface area (Å²) in [5.41, 5.74) is -0.715. The predicted molar refractivity (Wildman–Crippen MR) is 80.6 cm³/mol. The minimum Gasteiger partial charge on any atom is -0.388 e. The second kappa shape index (κ2) is 6.60. The van der Waals surface area contributed by atoms with Gasteiger partial charge in [-0.25, -0.2) is 0 Å². The van der Waals surface area contributed by atoms with Crippen molar-refractivity contribution in [2.24, 2.45) is 5.92 Å². The summed E-state index contributed by atoms with van der Waals surface area (Å²) in [5.74, 6) is 0.0737. The average Bonchev–Trinajstić information content (AvgIpc) is 2.53. The topological polar surface area (TPSA) is 60.9 Å². The summed E-state index contributed by atoms with van der Waals surface area (Å²) in [6, 6.07) is 0. The fourth-order valence-electron chi connectivity index (χ4n) is 3.32. The number of rotatable bonds is 3. The van der Waals surface area contributed by atoms with Gasteiger partial charge in [0.25, 0.3) is 0 Å². The Balaban J connectivity index is 1.90. The molecule has 1 unspecified atom stereocenters. The van der Waals surface area contributed by atoms with Gasteiger partial charge in [0.2, 0.25) is 11.8 Å². The van der Waals surface area contributed by atoms with Gasteiger partial charge in [0.05, 0.1) is 5.60 Å². The van der Waals surface area contributed by atoms with Crippen molar-refractivity contribution in [2.45, 2.75) is 44.6 Å². The van der Waals surface area contributed by atoms with E-state index in [1.54, 1.807) is 4.90 Å². The first-order valence-corrected chi connectivity index (χ1v) is 7.91. The summed E-state index contributed by atoms with van der Waals surface area (Å²) in [6.45, 7) is 7.89. The molecule has 0 aliphatic carbocycles. The molecule has 5 heteroatoms. The molecule has 2 heterocycles. The third kappa shape index (κ3) is 3.64. The fourth-order valence-corrected chi connectivity index (χ4v) is 3.32. The Kier molecular flexibility index (Phi) is 5.04. The number of hydrogen-bond acceptors (Lipinski definition) is 3. The van der Waals surface area contributed by atoms with Crippen LogP contribution in [0.5, 0.6) is 0 Å². The number of aliphatic hydroxyl groups is 1. The van der Waals surface area contributed by atoms with Crippen LogP contribution in [0.25, 0.3) is 0 Å². The lowest BCUT2D eigenvalue weighted by molar-refractivity contribution is -0.145. The normalized spacial score (nSPS) is 27.5. The first-order chi connectivity index (χ1) is 9.99. The van der Waals surface area contributed by atoms with Crippen LogP contribution in [0, 0.1) is 5.92 Å². The molecule has 118 valence electrons. The second-order valence-corrected chi connectivity index (χ2v) is 6.24. The van der Waals surface area contributed by atoms with Gasteiger partial charge in [-0.15, -0.1) is 0 Å². The first kappa shape index (κ1) is 16.0. The molecule has 0 spiro atoms. The summed E-state index contributed by atoms with van der Waals surface area (Å²) in [7, 11) is 0. The zero-order valence-corrected chi connectivity index (χ0v) is 12.9. The summed E-state index contributed by atoms with van der Waals surface area (Å²) in [5, 5.41) is 10.4. The highest BCUT2D eigenvalue weighted by Crippen LogP contribution is 2.27. The summed E-state index contributed by atoms with van der Waals surface area (Å²) in [6.07, 6.45) is 5.07. The van der Waals surface area contributed by atoms with E-state index >= 15 is 0 Å². The van der Waals surface area contributed by atoms with Crippen molar-refractivity contribution in [3.8, 4) is 0 Å². The minimum absolute atomic E-state index is 0.0157. The number of likely N-dealkylation sites (tertiary alicyclic amines) is 2. The molecule has 21 heavy (non-hydrogen) atoms. The molecule has 2 aliphatic rings. The van der Waals surface area contributed by atoms with Crippen molar-refractivity contribution in [2.75, 3.05) is 26.2 Å². The highest BCUT2D eigenvalue weighted by molar-refractivity contribution is 5.87. The van der Waals surface area contributed by atoms with E-state index in [0.717, 1.165) is 19.4 Å². The highest BCUT2D eigenvalue weighted by Gasteiger charge is 2.36. The Morgan fingerprint density at radius 3 is 2.52 bits per heavy atom. The van der Waals surface area contributed by atoms with E-state index in [0.29, 0.717) is 38.9 Å². The lowest BCUT2D eigenvalue weighted by Crippen LogP contribution is -2.52. The molecule has 0 aromatic rings. The average molecular weight is 294 g/mol. The lowest BCUT2D eigenvalue weighted by Gasteiger charge is -2.41. The highest BCUT2D eigenvalue weighted by atomic mass is 16.3. The zero-order valence-electron chi connectivity index (χ0n) is 12.9. The number of amides is 2. The van der Waals surface area contributed by atoms with E-state index in [9.17, 15) is 14.7 Å². The summed E-state index contributed by atoms with van der Waals surface area (Å²) >= 11 is 0. The van der Waals surface area contributed by atoms with Crippen molar-refractivity contribution < 1.29 is 14.7 Å². The number of β-amino-alcohol motifs (C(OH)–C–C–N with tert-alkyl or cyclic N) is 1. The number of carbonyl (C=O) groups is 2. The molecule has 0 radical (unpaired) electrons. The maximum atomic E-state index is 12.6. The molecule has 2 saturated heterocycles. The van der Waals surface area contributed by atoms with Crippen LogP contribution in [0.1, 0.15) is 39.0 Å². The van der Waals surface area contributed by atoms with Crippen molar-refractivity contribution in [1.29, 1.82) is 0 Å². The number of nitrogens with zero attached hydrogens (tertiary/aromatic N) is 2. The zero-order chi connectivity index (χ0) is 15.5. The van der Waals surface area contributed by atoms with Crippen LogP contribution in [0.15, 0.2) is 12.7 Å². The first-order valence-electron chi connectivity index (χ1n) is 7.91. The molecule has 0 aromatic carbocycles. The van der Waals surface area contributed by atoms with Crippen LogP contribution < -0.4 is 0 Å². The standard InChI is InChI=1S/C16H26N2O3/c1-3-14(19)17-10-6-13(7-11-17)15(20)18-9-5-8-16(21,4-2)12-18/h3,13,21H,1,4-12H2,2H3. The van der Waals surface area contributed by atoms with Gasteiger partial charge in [-0.1, -0.05) is 13.5 Å². The number of carbonyl (C=O) groups excluding carboxylic acids is 2. The largest absolute Gasteiger partial charge is 0.388 e. The predicted octanol–water partition coefficient (Wildman–Crippen LogP) is 1.17. The Bertz CT molecular complexity index is 416. The summed E-state index contributed by atoms with van der Waals surface area (Å²) < 4.78 is 0. The van der Waals surface area contributed by atoms with E-state index < -0.39 is 5.60 Å². The molecule has 0 bridgehead atoms. The molecule has 2 fully saturated rings. The van der Waals surface area contributed by atoms with Gasteiger partial charge in [-0.2, -0.15) is 0 Å². The Morgan fingerprint density at radius 1 is 1.29 bits per heavy atom. The molecular formula is C16H26N2O3. The van der Waals surface area contributed by atoms with E-state index in [4.69, 9.17) is 0 Å². The van der Waals surface area contributed by atoms with Crippen LogP contribution in [0.2, 0.25) is 0 Å². The Morgan fingerprint density at radius 2 is 1.95 bits per heavy atom. The molecular weight excluding hydrogens is 268 g/mol. The van der Waals surface area contributed by atoms with Crippen molar-refractivity contribution in [3.05, 3.63) is 12.7 Å². The van der Waals surface area contributed by atoms with Crippen LogP contribution >= 0.6 is 0 Å². The van der Waals surface area contributed by atoms with E-state index in [1.807, 2.05) is 11.8 Å². The molecule has 1 N–H and O–H groups in total. The lowest BCUT2D eigenvalue weighted by atomic mass is 9.88. The molecule has 1 atom stereocenters. The van der Waals surface area contributed by atoms with Crippen LogP contribution in [0.4, 0.5) is 0 Å². The molecule has 0 aromatic heterocycles. The third-order valence-corrected chi connectivity index (χ3v) is 4.86. The van der Waals surface area contributed by atoms with E-state index in [-0.39, 0.29) is 17.7 Å². The Hall–Kier alpha value is -1.36. The van der Waals surface area contributed by atoms with Gasteiger partial charge in [0, 0.05) is 32.1 Å². The van der Waals surface area contributed by atoms with E-state index in [2.05, 4.69) is 6.58 Å². The third-order valence-electron chi connectivity index (χ3n) is 4.86. The van der Waals surface area contributed by atoms with Gasteiger partial charge in [-0.05, 0) is 38.2 Å². The van der Waals surface area contributed by atoms with E-state index in [1.165, 1.54) is 6.08 Å².